The van der Waals surface area contributed by atoms with Gasteiger partial charge in [0.1, 0.15) is 23.0 Å². The smallest absolute Gasteiger partial charge is 0.120 e. The first-order valence-corrected chi connectivity index (χ1v) is 8.69. The molecule has 0 aliphatic carbocycles. The summed E-state index contributed by atoms with van der Waals surface area (Å²) >= 11 is 0. The third-order valence-electron chi connectivity index (χ3n) is 5.21. The maximum Gasteiger partial charge on any atom is 0.120 e. The molecule has 27 heavy (non-hydrogen) atoms. The van der Waals surface area contributed by atoms with Crippen LogP contribution in [0.15, 0.2) is 60.7 Å². The summed E-state index contributed by atoms with van der Waals surface area (Å²) in [6, 6.07) is 16.7. The maximum atomic E-state index is 10.7. The van der Waals surface area contributed by atoms with Crippen molar-refractivity contribution in [2.24, 2.45) is 0 Å². The predicted octanol–water partition coefficient (Wildman–Crippen LogP) is 5.14. The van der Waals surface area contributed by atoms with Gasteiger partial charge in [-0.2, -0.15) is 0 Å². The lowest BCUT2D eigenvalue weighted by molar-refractivity contribution is 0.439. The van der Waals surface area contributed by atoms with E-state index in [0.717, 1.165) is 21.5 Å². The van der Waals surface area contributed by atoms with Gasteiger partial charge in [0.15, 0.2) is 0 Å². The number of rotatable bonds is 2. The molecule has 0 saturated carbocycles. The van der Waals surface area contributed by atoms with Crippen LogP contribution < -0.4 is 0 Å². The Kier molecular flexibility index (Phi) is 3.67. The summed E-state index contributed by atoms with van der Waals surface area (Å²) in [6.45, 7) is 3.88. The molecule has 0 bridgehead atoms. The Labute approximate surface area is 156 Å². The highest BCUT2D eigenvalue weighted by atomic mass is 16.3. The molecule has 4 aromatic carbocycles. The highest BCUT2D eigenvalue weighted by molar-refractivity contribution is 5.94. The fourth-order valence-corrected chi connectivity index (χ4v) is 4.05. The van der Waals surface area contributed by atoms with E-state index in [9.17, 15) is 20.4 Å². The Bertz CT molecular complexity index is 1100. The number of aromatic hydroxyl groups is 4. The minimum Gasteiger partial charge on any atom is -0.508 e. The van der Waals surface area contributed by atoms with Gasteiger partial charge < -0.3 is 20.4 Å². The summed E-state index contributed by atoms with van der Waals surface area (Å²) < 4.78 is 0. The average Bonchev–Trinajstić information content (AvgIpc) is 2.61. The molecule has 4 nitrogen and oxygen atoms in total. The zero-order valence-electron chi connectivity index (χ0n) is 15.1. The summed E-state index contributed by atoms with van der Waals surface area (Å²) in [5.74, 6) is 0.544. The second kappa shape index (κ2) is 5.81. The number of phenols is 4. The Morgan fingerprint density at radius 3 is 1.37 bits per heavy atom. The van der Waals surface area contributed by atoms with Crippen LogP contribution in [0.5, 0.6) is 23.0 Å². The van der Waals surface area contributed by atoms with Crippen molar-refractivity contribution in [1.29, 1.82) is 0 Å². The third-order valence-corrected chi connectivity index (χ3v) is 5.21. The van der Waals surface area contributed by atoms with Crippen LogP contribution in [0.4, 0.5) is 0 Å². The van der Waals surface area contributed by atoms with Crippen LogP contribution >= 0.6 is 0 Å². The molecule has 4 heteroatoms. The van der Waals surface area contributed by atoms with Crippen molar-refractivity contribution in [1.82, 2.24) is 0 Å². The van der Waals surface area contributed by atoms with Crippen molar-refractivity contribution in [3.05, 3.63) is 71.8 Å². The van der Waals surface area contributed by atoms with Gasteiger partial charge in [-0.1, -0.05) is 38.1 Å². The van der Waals surface area contributed by atoms with Gasteiger partial charge in [-0.3, -0.25) is 0 Å². The highest BCUT2D eigenvalue weighted by Gasteiger charge is 2.32. The van der Waals surface area contributed by atoms with Crippen molar-refractivity contribution >= 4 is 21.5 Å². The third kappa shape index (κ3) is 2.61. The Morgan fingerprint density at radius 2 is 0.963 bits per heavy atom. The van der Waals surface area contributed by atoms with Crippen LogP contribution in [-0.4, -0.2) is 20.4 Å². The second-order valence-electron chi connectivity index (χ2n) is 7.36. The number of hydrogen-bond acceptors (Lipinski definition) is 4. The van der Waals surface area contributed by atoms with Crippen molar-refractivity contribution in [3.8, 4) is 23.0 Å². The first-order valence-electron chi connectivity index (χ1n) is 8.69. The number of fused-ring (bicyclic) bond motifs is 2. The van der Waals surface area contributed by atoms with E-state index in [-0.39, 0.29) is 23.0 Å². The van der Waals surface area contributed by atoms with Gasteiger partial charge in [-0.05, 0) is 57.9 Å². The molecule has 4 rings (SSSR count). The van der Waals surface area contributed by atoms with Gasteiger partial charge in [0.25, 0.3) is 0 Å². The minimum atomic E-state index is -0.749. The molecule has 4 N–H and O–H groups in total. The lowest BCUT2D eigenvalue weighted by Crippen LogP contribution is -2.20. The van der Waals surface area contributed by atoms with Gasteiger partial charge >= 0.3 is 0 Å². The number of phenolic OH excluding ortho intramolecular Hbond substituents is 4. The molecular weight excluding hydrogens is 340 g/mol. The Balaban J connectivity index is 2.09. The average molecular weight is 360 g/mol. The van der Waals surface area contributed by atoms with Crippen LogP contribution in [0.1, 0.15) is 25.0 Å². The molecule has 0 amide bonds. The second-order valence-corrected chi connectivity index (χ2v) is 7.36. The van der Waals surface area contributed by atoms with E-state index in [0.29, 0.717) is 11.1 Å². The predicted molar refractivity (Wildman–Crippen MR) is 107 cm³/mol. The molecule has 0 atom stereocenters. The summed E-state index contributed by atoms with van der Waals surface area (Å²) in [5, 5.41) is 44.2. The maximum absolute atomic E-state index is 10.7. The highest BCUT2D eigenvalue weighted by Crippen LogP contribution is 2.47. The molecule has 0 spiro atoms. The van der Waals surface area contributed by atoms with E-state index in [1.54, 1.807) is 60.7 Å². The van der Waals surface area contributed by atoms with Crippen molar-refractivity contribution in [3.63, 3.8) is 0 Å². The Morgan fingerprint density at radius 1 is 0.556 bits per heavy atom. The molecule has 0 aromatic heterocycles. The van der Waals surface area contributed by atoms with Crippen LogP contribution in [0.2, 0.25) is 0 Å². The van der Waals surface area contributed by atoms with Gasteiger partial charge in [0, 0.05) is 16.5 Å². The normalized spacial score (nSPS) is 11.9. The molecule has 0 aliphatic rings. The van der Waals surface area contributed by atoms with E-state index < -0.39 is 5.41 Å². The topological polar surface area (TPSA) is 80.9 Å². The van der Waals surface area contributed by atoms with Crippen LogP contribution in [0, 0.1) is 0 Å². The zero-order valence-corrected chi connectivity index (χ0v) is 15.1. The number of hydrogen-bond donors (Lipinski definition) is 4. The van der Waals surface area contributed by atoms with Gasteiger partial charge in [-0.15, -0.1) is 0 Å². The van der Waals surface area contributed by atoms with Gasteiger partial charge in [-0.25, -0.2) is 0 Å². The standard InChI is InChI=1S/C23H20O4/c1-23(2,21-17-7-5-15(24)11-13(17)3-9-19(21)26)22-18-8-6-16(25)12-14(18)4-10-20(22)27/h3-12,24-27H,1-2H3. The molecule has 0 heterocycles. The summed E-state index contributed by atoms with van der Waals surface area (Å²) in [4.78, 5) is 0. The van der Waals surface area contributed by atoms with Crippen molar-refractivity contribution < 1.29 is 20.4 Å². The van der Waals surface area contributed by atoms with Gasteiger partial charge in [0.05, 0.1) is 0 Å². The zero-order chi connectivity index (χ0) is 19.3. The minimum absolute atomic E-state index is 0.119. The quantitative estimate of drug-likeness (QED) is 0.399. The van der Waals surface area contributed by atoms with Crippen LogP contribution in [-0.2, 0) is 5.41 Å². The number of benzene rings is 4. The monoisotopic (exact) mass is 360 g/mol. The largest absolute Gasteiger partial charge is 0.508 e. The first kappa shape index (κ1) is 17.0. The molecule has 0 saturated heterocycles. The molecule has 0 aliphatic heterocycles. The molecule has 0 radical (unpaired) electrons. The van der Waals surface area contributed by atoms with E-state index in [1.165, 1.54) is 0 Å². The lowest BCUT2D eigenvalue weighted by atomic mass is 9.73. The van der Waals surface area contributed by atoms with E-state index >= 15 is 0 Å². The fourth-order valence-electron chi connectivity index (χ4n) is 4.05. The van der Waals surface area contributed by atoms with Crippen molar-refractivity contribution in [2.75, 3.05) is 0 Å². The Hall–Kier alpha value is -3.40. The summed E-state index contributed by atoms with van der Waals surface area (Å²) in [6.07, 6.45) is 0. The van der Waals surface area contributed by atoms with Crippen LogP contribution in [0.25, 0.3) is 21.5 Å². The molecule has 0 fully saturated rings. The summed E-state index contributed by atoms with van der Waals surface area (Å²) in [5.41, 5.74) is 0.577. The van der Waals surface area contributed by atoms with Gasteiger partial charge in [0.2, 0.25) is 0 Å². The molecule has 136 valence electrons. The first-order chi connectivity index (χ1) is 12.8. The van der Waals surface area contributed by atoms with E-state index in [2.05, 4.69) is 0 Å². The molecular formula is C23H20O4. The van der Waals surface area contributed by atoms with E-state index in [4.69, 9.17) is 0 Å². The van der Waals surface area contributed by atoms with Crippen molar-refractivity contribution in [2.45, 2.75) is 19.3 Å². The fraction of sp³-hybridized carbons (Fsp3) is 0.130. The lowest BCUT2D eigenvalue weighted by Gasteiger charge is -2.30. The molecule has 0 unspecified atom stereocenters. The van der Waals surface area contributed by atoms with E-state index in [1.807, 2.05) is 13.8 Å². The molecule has 4 aromatic rings. The van der Waals surface area contributed by atoms with Crippen LogP contribution in [0.3, 0.4) is 0 Å². The SMILES string of the molecule is CC(C)(c1c(O)ccc2cc(O)ccc12)c1c(O)ccc2cc(O)ccc12. The summed E-state index contributed by atoms with van der Waals surface area (Å²) in [7, 11) is 0.